The van der Waals surface area contributed by atoms with Crippen LogP contribution in [0.5, 0.6) is 0 Å². The molecule has 0 aliphatic heterocycles. The third-order valence-electron chi connectivity index (χ3n) is 3.84. The van der Waals surface area contributed by atoms with Gasteiger partial charge in [0, 0.05) is 12.0 Å². The maximum atomic E-state index is 5.93. The standard InChI is InChI=1S/C13H16N4/c14-8-13(5-2-6-13)11-3-1-4-12(7-11)17-10-15-9-16-17/h1,3-4,7,9-10H,2,5-6,8,14H2. The normalized spacial score (nSPS) is 17.7. The first kappa shape index (κ1) is 10.5. The summed E-state index contributed by atoms with van der Waals surface area (Å²) in [6, 6.07) is 8.47. The van der Waals surface area contributed by atoms with Crippen molar-refractivity contribution >= 4 is 0 Å². The van der Waals surface area contributed by atoms with Gasteiger partial charge >= 0.3 is 0 Å². The Balaban J connectivity index is 1.99. The molecule has 1 heterocycles. The maximum absolute atomic E-state index is 5.93. The minimum Gasteiger partial charge on any atom is -0.330 e. The first-order chi connectivity index (χ1) is 8.34. The summed E-state index contributed by atoms with van der Waals surface area (Å²) < 4.78 is 1.78. The van der Waals surface area contributed by atoms with Crippen LogP contribution in [0.15, 0.2) is 36.9 Å². The molecule has 1 aliphatic carbocycles. The Morgan fingerprint density at radius 3 is 2.82 bits per heavy atom. The van der Waals surface area contributed by atoms with Crippen LogP contribution >= 0.6 is 0 Å². The molecule has 0 radical (unpaired) electrons. The van der Waals surface area contributed by atoms with Crippen molar-refractivity contribution in [2.45, 2.75) is 24.7 Å². The lowest BCUT2D eigenvalue weighted by Crippen LogP contribution is -2.41. The van der Waals surface area contributed by atoms with Gasteiger partial charge in [0.25, 0.3) is 0 Å². The molecule has 1 saturated carbocycles. The molecular formula is C13H16N4. The highest BCUT2D eigenvalue weighted by atomic mass is 15.3. The van der Waals surface area contributed by atoms with Crippen LogP contribution in [0.4, 0.5) is 0 Å². The van der Waals surface area contributed by atoms with Crippen LogP contribution in [0, 0.1) is 0 Å². The zero-order chi connectivity index (χ0) is 11.7. The molecule has 0 bridgehead atoms. The summed E-state index contributed by atoms with van der Waals surface area (Å²) in [5.41, 5.74) is 8.53. The first-order valence-corrected chi connectivity index (χ1v) is 6.00. The number of aromatic nitrogens is 3. The van der Waals surface area contributed by atoms with Gasteiger partial charge in [-0.15, -0.1) is 0 Å². The molecule has 1 aromatic heterocycles. The van der Waals surface area contributed by atoms with Gasteiger partial charge < -0.3 is 5.73 Å². The minimum atomic E-state index is 0.205. The third kappa shape index (κ3) is 1.65. The Labute approximate surface area is 100 Å². The van der Waals surface area contributed by atoms with E-state index in [0.29, 0.717) is 0 Å². The second-order valence-electron chi connectivity index (χ2n) is 4.73. The SMILES string of the molecule is NCC1(c2cccc(-n3cncn3)c2)CCC1. The second-order valence-corrected chi connectivity index (χ2v) is 4.73. The largest absolute Gasteiger partial charge is 0.330 e. The number of nitrogens with two attached hydrogens (primary N) is 1. The Bertz CT molecular complexity index is 494. The van der Waals surface area contributed by atoms with Crippen LogP contribution in [-0.4, -0.2) is 21.3 Å². The molecule has 0 spiro atoms. The molecule has 0 atom stereocenters. The van der Waals surface area contributed by atoms with Crippen LogP contribution in [0.25, 0.3) is 5.69 Å². The van der Waals surface area contributed by atoms with E-state index in [0.717, 1.165) is 12.2 Å². The highest BCUT2D eigenvalue weighted by Crippen LogP contribution is 2.43. The predicted molar refractivity (Wildman–Crippen MR) is 65.9 cm³/mol. The number of benzene rings is 1. The molecule has 1 fully saturated rings. The van der Waals surface area contributed by atoms with Crippen molar-refractivity contribution in [3.63, 3.8) is 0 Å². The van der Waals surface area contributed by atoms with E-state index in [-0.39, 0.29) is 5.41 Å². The zero-order valence-electron chi connectivity index (χ0n) is 9.71. The van der Waals surface area contributed by atoms with Gasteiger partial charge in [0.1, 0.15) is 12.7 Å². The monoisotopic (exact) mass is 228 g/mol. The maximum Gasteiger partial charge on any atom is 0.138 e. The number of nitrogens with zero attached hydrogens (tertiary/aromatic N) is 3. The Kier molecular flexibility index (Phi) is 2.44. The van der Waals surface area contributed by atoms with E-state index >= 15 is 0 Å². The van der Waals surface area contributed by atoms with Gasteiger partial charge in [-0.25, -0.2) is 9.67 Å². The summed E-state index contributed by atoms with van der Waals surface area (Å²) in [7, 11) is 0. The van der Waals surface area contributed by atoms with E-state index in [1.807, 2.05) is 6.07 Å². The molecule has 0 amide bonds. The van der Waals surface area contributed by atoms with Crippen LogP contribution in [0.2, 0.25) is 0 Å². The molecule has 2 N–H and O–H groups in total. The molecule has 4 nitrogen and oxygen atoms in total. The lowest BCUT2D eigenvalue weighted by molar-refractivity contribution is 0.253. The first-order valence-electron chi connectivity index (χ1n) is 6.00. The van der Waals surface area contributed by atoms with Crippen molar-refractivity contribution < 1.29 is 0 Å². The van der Waals surface area contributed by atoms with Gasteiger partial charge in [-0.2, -0.15) is 5.10 Å². The lowest BCUT2D eigenvalue weighted by atomic mass is 9.64. The molecule has 17 heavy (non-hydrogen) atoms. The van der Waals surface area contributed by atoms with Crippen LogP contribution in [0.1, 0.15) is 24.8 Å². The van der Waals surface area contributed by atoms with E-state index in [4.69, 9.17) is 5.73 Å². The van der Waals surface area contributed by atoms with E-state index < -0.39 is 0 Å². The molecule has 3 rings (SSSR count). The fourth-order valence-electron chi connectivity index (χ4n) is 2.53. The molecule has 2 aromatic rings. The Morgan fingerprint density at radius 2 is 2.24 bits per heavy atom. The molecule has 0 unspecified atom stereocenters. The summed E-state index contributed by atoms with van der Waals surface area (Å²) in [6.45, 7) is 0.730. The van der Waals surface area contributed by atoms with Gasteiger partial charge in [-0.1, -0.05) is 18.6 Å². The fraction of sp³-hybridized carbons (Fsp3) is 0.385. The topological polar surface area (TPSA) is 56.7 Å². The molecule has 4 heteroatoms. The molecule has 88 valence electrons. The number of rotatable bonds is 3. The molecular weight excluding hydrogens is 212 g/mol. The van der Waals surface area contributed by atoms with Crippen molar-refractivity contribution in [2.75, 3.05) is 6.54 Å². The van der Waals surface area contributed by atoms with Crippen LogP contribution in [-0.2, 0) is 5.41 Å². The van der Waals surface area contributed by atoms with Gasteiger partial charge in [0.05, 0.1) is 5.69 Å². The van der Waals surface area contributed by atoms with Gasteiger partial charge in [-0.05, 0) is 30.5 Å². The second kappa shape index (κ2) is 3.96. The van der Waals surface area contributed by atoms with Gasteiger partial charge in [0.2, 0.25) is 0 Å². The summed E-state index contributed by atoms with van der Waals surface area (Å²) in [6.07, 6.45) is 6.95. The summed E-state index contributed by atoms with van der Waals surface area (Å²) >= 11 is 0. The zero-order valence-corrected chi connectivity index (χ0v) is 9.71. The number of hydrogen-bond acceptors (Lipinski definition) is 3. The van der Waals surface area contributed by atoms with Crippen molar-refractivity contribution in [1.29, 1.82) is 0 Å². The summed E-state index contributed by atoms with van der Waals surface area (Å²) in [4.78, 5) is 3.97. The lowest BCUT2D eigenvalue weighted by Gasteiger charge is -2.41. The smallest absolute Gasteiger partial charge is 0.138 e. The van der Waals surface area contributed by atoms with E-state index in [9.17, 15) is 0 Å². The average Bonchev–Trinajstić information content (AvgIpc) is 2.82. The minimum absolute atomic E-state index is 0.205. The average molecular weight is 228 g/mol. The van der Waals surface area contributed by atoms with E-state index in [1.54, 1.807) is 17.3 Å². The predicted octanol–water partition coefficient (Wildman–Crippen LogP) is 1.65. The molecule has 1 aromatic carbocycles. The Morgan fingerprint density at radius 1 is 1.35 bits per heavy atom. The van der Waals surface area contributed by atoms with Gasteiger partial charge in [-0.3, -0.25) is 0 Å². The highest BCUT2D eigenvalue weighted by Gasteiger charge is 2.37. The highest BCUT2D eigenvalue weighted by molar-refractivity contribution is 5.39. The van der Waals surface area contributed by atoms with Crippen molar-refractivity contribution in [3.05, 3.63) is 42.5 Å². The van der Waals surface area contributed by atoms with Gasteiger partial charge in [0.15, 0.2) is 0 Å². The van der Waals surface area contributed by atoms with E-state index in [1.165, 1.54) is 24.8 Å². The van der Waals surface area contributed by atoms with Crippen molar-refractivity contribution in [3.8, 4) is 5.69 Å². The summed E-state index contributed by atoms with van der Waals surface area (Å²) in [5, 5.41) is 4.15. The van der Waals surface area contributed by atoms with Crippen molar-refractivity contribution in [1.82, 2.24) is 14.8 Å². The quantitative estimate of drug-likeness (QED) is 0.869. The number of hydrogen-bond donors (Lipinski definition) is 1. The fourth-order valence-corrected chi connectivity index (χ4v) is 2.53. The Hall–Kier alpha value is -1.68. The third-order valence-corrected chi connectivity index (χ3v) is 3.84. The molecule has 0 saturated heterocycles. The van der Waals surface area contributed by atoms with Crippen LogP contribution < -0.4 is 5.73 Å². The van der Waals surface area contributed by atoms with E-state index in [2.05, 4.69) is 28.3 Å². The molecule has 1 aliphatic rings. The van der Waals surface area contributed by atoms with Crippen LogP contribution in [0.3, 0.4) is 0 Å². The summed E-state index contributed by atoms with van der Waals surface area (Å²) in [5.74, 6) is 0. The van der Waals surface area contributed by atoms with Crippen molar-refractivity contribution in [2.24, 2.45) is 5.73 Å².